The fourth-order valence-corrected chi connectivity index (χ4v) is 4.72. The number of rotatable bonds is 6. The molecule has 1 amide bonds. The van der Waals surface area contributed by atoms with Crippen LogP contribution in [-0.2, 0) is 0 Å². The van der Waals surface area contributed by atoms with E-state index in [0.29, 0.717) is 31.6 Å². The number of nitrogens with one attached hydrogen (secondary N) is 1. The summed E-state index contributed by atoms with van der Waals surface area (Å²) in [4.78, 5) is 17.9. The molecule has 0 aliphatic heterocycles. The number of amides is 1. The van der Waals surface area contributed by atoms with Gasteiger partial charge in [-0.25, -0.2) is 0 Å². The molecule has 152 valence electrons. The molecule has 0 aliphatic rings. The van der Waals surface area contributed by atoms with Crippen LogP contribution in [0, 0.1) is 0 Å². The van der Waals surface area contributed by atoms with E-state index in [4.69, 9.17) is 21.1 Å². The molecule has 0 aliphatic carbocycles. The van der Waals surface area contributed by atoms with Crippen LogP contribution >= 0.6 is 34.7 Å². The summed E-state index contributed by atoms with van der Waals surface area (Å²) in [5, 5.41) is 13.0. The zero-order valence-corrected chi connectivity index (χ0v) is 18.3. The first-order chi connectivity index (χ1) is 14.6. The standard InChI is InChI=1S/C20H15ClN4O3S2/c1-27-15-6-3-11(9-16(15)28-2)18(26)23-19-24-25-20(30-19)29-17-7-8-22-14-10-12(21)4-5-13(14)17/h3-10H,1-2H3,(H,23,24,26). The molecule has 0 spiro atoms. The number of carbonyl (C=O) groups excluding carboxylic acids is 1. The molecule has 2 aromatic heterocycles. The fraction of sp³-hybridized carbons (Fsp3) is 0.100. The summed E-state index contributed by atoms with van der Waals surface area (Å²) in [7, 11) is 3.06. The van der Waals surface area contributed by atoms with Crippen molar-refractivity contribution in [3.8, 4) is 11.5 Å². The number of pyridine rings is 1. The first-order valence-electron chi connectivity index (χ1n) is 8.66. The number of aromatic nitrogens is 3. The average Bonchev–Trinajstić information content (AvgIpc) is 3.19. The van der Waals surface area contributed by atoms with Crippen molar-refractivity contribution < 1.29 is 14.3 Å². The lowest BCUT2D eigenvalue weighted by molar-refractivity contribution is 0.102. The van der Waals surface area contributed by atoms with E-state index in [1.165, 1.54) is 30.2 Å². The van der Waals surface area contributed by atoms with Crippen LogP contribution in [0.1, 0.15) is 10.4 Å². The number of nitrogens with zero attached hydrogens (tertiary/aromatic N) is 3. The molecule has 2 aromatic carbocycles. The van der Waals surface area contributed by atoms with Crippen LogP contribution in [0.3, 0.4) is 0 Å². The van der Waals surface area contributed by atoms with Gasteiger partial charge in [-0.05, 0) is 36.4 Å². The minimum Gasteiger partial charge on any atom is -0.493 e. The lowest BCUT2D eigenvalue weighted by atomic mass is 10.2. The maximum absolute atomic E-state index is 12.6. The minimum atomic E-state index is -0.312. The molecule has 0 atom stereocenters. The predicted octanol–water partition coefficient (Wildman–Crippen LogP) is 5.16. The monoisotopic (exact) mass is 458 g/mol. The van der Waals surface area contributed by atoms with Gasteiger partial charge < -0.3 is 9.47 Å². The van der Waals surface area contributed by atoms with Gasteiger partial charge in [-0.3, -0.25) is 15.1 Å². The van der Waals surface area contributed by atoms with Crippen molar-refractivity contribution in [2.75, 3.05) is 19.5 Å². The second kappa shape index (κ2) is 8.86. The van der Waals surface area contributed by atoms with Crippen LogP contribution in [0.5, 0.6) is 11.5 Å². The van der Waals surface area contributed by atoms with Crippen LogP contribution in [0.4, 0.5) is 5.13 Å². The molecule has 4 aromatic rings. The highest BCUT2D eigenvalue weighted by Gasteiger charge is 2.14. The first-order valence-corrected chi connectivity index (χ1v) is 10.7. The molecular formula is C20H15ClN4O3S2. The molecule has 0 unspecified atom stereocenters. The number of anilines is 1. The molecule has 10 heteroatoms. The van der Waals surface area contributed by atoms with Gasteiger partial charge in [0.15, 0.2) is 15.8 Å². The Morgan fingerprint density at radius 2 is 1.90 bits per heavy atom. The largest absolute Gasteiger partial charge is 0.493 e. The lowest BCUT2D eigenvalue weighted by Crippen LogP contribution is -2.11. The molecule has 0 bridgehead atoms. The van der Waals surface area contributed by atoms with E-state index < -0.39 is 0 Å². The summed E-state index contributed by atoms with van der Waals surface area (Å²) in [6.45, 7) is 0. The summed E-state index contributed by atoms with van der Waals surface area (Å²) in [6, 6.07) is 12.4. The average molecular weight is 459 g/mol. The van der Waals surface area contributed by atoms with Crippen LogP contribution in [0.2, 0.25) is 5.02 Å². The van der Waals surface area contributed by atoms with Gasteiger partial charge in [0.2, 0.25) is 5.13 Å². The van der Waals surface area contributed by atoms with Gasteiger partial charge in [0.25, 0.3) is 5.91 Å². The van der Waals surface area contributed by atoms with Crippen molar-refractivity contribution >= 4 is 56.6 Å². The molecule has 0 saturated heterocycles. The summed E-state index contributed by atoms with van der Waals surface area (Å²) < 4.78 is 11.1. The lowest BCUT2D eigenvalue weighted by Gasteiger charge is -2.08. The Morgan fingerprint density at radius 1 is 1.07 bits per heavy atom. The number of ether oxygens (including phenoxy) is 2. The van der Waals surface area contributed by atoms with Gasteiger partial charge in [-0.1, -0.05) is 40.8 Å². The highest BCUT2D eigenvalue weighted by Crippen LogP contribution is 2.36. The van der Waals surface area contributed by atoms with Gasteiger partial charge >= 0.3 is 0 Å². The number of halogens is 1. The summed E-state index contributed by atoms with van der Waals surface area (Å²) >= 11 is 8.79. The van der Waals surface area contributed by atoms with Gasteiger partial charge in [0.1, 0.15) is 0 Å². The van der Waals surface area contributed by atoms with E-state index in [-0.39, 0.29) is 5.91 Å². The quantitative estimate of drug-likeness (QED) is 0.399. The molecule has 2 heterocycles. The smallest absolute Gasteiger partial charge is 0.257 e. The summed E-state index contributed by atoms with van der Waals surface area (Å²) in [5.74, 6) is 0.713. The predicted molar refractivity (Wildman–Crippen MR) is 118 cm³/mol. The maximum Gasteiger partial charge on any atom is 0.257 e. The van der Waals surface area contributed by atoms with Crippen LogP contribution in [0.25, 0.3) is 10.9 Å². The Bertz CT molecular complexity index is 1230. The minimum absolute atomic E-state index is 0.312. The maximum atomic E-state index is 12.6. The second-order valence-corrected chi connectivity index (χ2v) is 8.67. The molecule has 0 saturated carbocycles. The Labute approximate surface area is 185 Å². The van der Waals surface area contributed by atoms with E-state index in [0.717, 1.165) is 15.8 Å². The molecule has 7 nitrogen and oxygen atoms in total. The number of fused-ring (bicyclic) bond motifs is 1. The van der Waals surface area contributed by atoms with Crippen LogP contribution in [0.15, 0.2) is 57.9 Å². The fourth-order valence-electron chi connectivity index (χ4n) is 2.73. The summed E-state index contributed by atoms with van der Waals surface area (Å²) in [6.07, 6.45) is 1.72. The molecular weight excluding hydrogens is 444 g/mol. The second-order valence-electron chi connectivity index (χ2n) is 5.97. The first kappa shape index (κ1) is 20.4. The third kappa shape index (κ3) is 4.33. The van der Waals surface area contributed by atoms with Gasteiger partial charge in [0.05, 0.1) is 19.7 Å². The normalized spacial score (nSPS) is 10.8. The van der Waals surface area contributed by atoms with E-state index in [9.17, 15) is 4.79 Å². The van der Waals surface area contributed by atoms with Crippen molar-refractivity contribution in [2.24, 2.45) is 0 Å². The van der Waals surface area contributed by atoms with Crippen molar-refractivity contribution in [3.63, 3.8) is 0 Å². The van der Waals surface area contributed by atoms with Crippen molar-refractivity contribution in [3.05, 3.63) is 59.2 Å². The van der Waals surface area contributed by atoms with E-state index in [1.807, 2.05) is 24.3 Å². The van der Waals surface area contributed by atoms with Gasteiger partial charge in [0, 0.05) is 27.1 Å². The number of hydrogen-bond donors (Lipinski definition) is 1. The SMILES string of the molecule is COc1ccc(C(=O)Nc2nnc(Sc3ccnc4cc(Cl)ccc34)s2)cc1OC. The van der Waals surface area contributed by atoms with E-state index in [1.54, 1.807) is 31.5 Å². The molecule has 30 heavy (non-hydrogen) atoms. The molecule has 0 fully saturated rings. The number of carbonyl (C=O) groups is 1. The Kier molecular flexibility index (Phi) is 6.03. The van der Waals surface area contributed by atoms with Gasteiger partial charge in [-0.15, -0.1) is 10.2 Å². The number of benzene rings is 2. The molecule has 0 radical (unpaired) electrons. The third-order valence-electron chi connectivity index (χ3n) is 4.13. The zero-order valence-electron chi connectivity index (χ0n) is 15.9. The number of methoxy groups -OCH3 is 2. The van der Waals surface area contributed by atoms with Crippen molar-refractivity contribution in [2.45, 2.75) is 9.24 Å². The van der Waals surface area contributed by atoms with Crippen LogP contribution < -0.4 is 14.8 Å². The Morgan fingerprint density at radius 3 is 2.70 bits per heavy atom. The van der Waals surface area contributed by atoms with E-state index in [2.05, 4.69) is 20.5 Å². The highest BCUT2D eigenvalue weighted by atomic mass is 35.5. The van der Waals surface area contributed by atoms with E-state index >= 15 is 0 Å². The number of hydrogen-bond acceptors (Lipinski definition) is 8. The summed E-state index contributed by atoms with van der Waals surface area (Å²) in [5.41, 5.74) is 1.23. The topological polar surface area (TPSA) is 86.2 Å². The molecule has 1 N–H and O–H groups in total. The zero-order chi connectivity index (χ0) is 21.1. The highest BCUT2D eigenvalue weighted by molar-refractivity contribution is 8.01. The van der Waals surface area contributed by atoms with Crippen molar-refractivity contribution in [1.82, 2.24) is 15.2 Å². The van der Waals surface area contributed by atoms with Crippen molar-refractivity contribution in [1.29, 1.82) is 0 Å². The Balaban J connectivity index is 1.50. The van der Waals surface area contributed by atoms with Gasteiger partial charge in [-0.2, -0.15) is 0 Å². The van der Waals surface area contributed by atoms with Crippen LogP contribution in [-0.4, -0.2) is 35.3 Å². The third-order valence-corrected chi connectivity index (χ3v) is 6.34. The Hall–Kier alpha value is -2.88. The molecule has 4 rings (SSSR count).